The zero-order chi connectivity index (χ0) is 13.1. The van der Waals surface area contributed by atoms with E-state index < -0.39 is 0 Å². The van der Waals surface area contributed by atoms with E-state index >= 15 is 0 Å². The Bertz CT molecular complexity index is 446. The Balaban J connectivity index is 0.00000147. The molecule has 0 amide bonds. The molecule has 1 fully saturated rings. The highest BCUT2D eigenvalue weighted by Crippen LogP contribution is 2.44. The van der Waals surface area contributed by atoms with Crippen LogP contribution in [0.4, 0.5) is 0 Å². The highest BCUT2D eigenvalue weighted by atomic mass is 35.5. The monoisotopic (exact) mass is 291 g/mol. The molecule has 0 bridgehead atoms. The van der Waals surface area contributed by atoms with Gasteiger partial charge >= 0.3 is 0 Å². The number of hydrogen-bond acceptors (Lipinski definition) is 1. The molecule has 1 heterocycles. The fraction of sp³-hybridized carbons (Fsp3) is 0.556. The lowest BCUT2D eigenvalue weighted by molar-refractivity contribution is 0.147. The van der Waals surface area contributed by atoms with Crippen LogP contribution in [0.1, 0.15) is 43.2 Å². The van der Waals surface area contributed by atoms with Gasteiger partial charge in [0.1, 0.15) is 0 Å². The molecule has 1 aromatic rings. The van der Waals surface area contributed by atoms with Gasteiger partial charge in [-0.3, -0.25) is 0 Å². The lowest BCUT2D eigenvalue weighted by Crippen LogP contribution is -2.44. The van der Waals surface area contributed by atoms with Crippen molar-refractivity contribution < 1.29 is 0 Å². The first-order chi connectivity index (χ1) is 9.34. The van der Waals surface area contributed by atoms with Gasteiger partial charge in [-0.05, 0) is 68.2 Å². The molecule has 1 aliphatic carbocycles. The Kier molecular flexibility index (Phi) is 5.29. The lowest BCUT2D eigenvalue weighted by atomic mass is 9.65. The summed E-state index contributed by atoms with van der Waals surface area (Å²) >= 11 is 0. The number of piperidine rings is 1. The van der Waals surface area contributed by atoms with Gasteiger partial charge in [-0.2, -0.15) is 0 Å². The van der Waals surface area contributed by atoms with E-state index in [9.17, 15) is 0 Å². The van der Waals surface area contributed by atoms with Crippen LogP contribution in [0.5, 0.6) is 0 Å². The molecule has 2 aliphatic rings. The van der Waals surface area contributed by atoms with E-state index in [0.717, 1.165) is 6.42 Å². The number of aryl methyl sites for hydroxylation is 1. The average Bonchev–Trinajstić information content (AvgIpc) is 2.47. The van der Waals surface area contributed by atoms with Crippen LogP contribution in [-0.4, -0.2) is 24.5 Å². The number of likely N-dealkylation sites (tertiary alicyclic amines) is 1. The Morgan fingerprint density at radius 3 is 2.65 bits per heavy atom. The maximum Gasteiger partial charge on any atom is 0.00158 e. The molecule has 0 aromatic heterocycles. The van der Waals surface area contributed by atoms with Gasteiger partial charge in [0.15, 0.2) is 0 Å². The van der Waals surface area contributed by atoms with Crippen molar-refractivity contribution in [1.29, 1.82) is 0 Å². The second-order valence-electron chi connectivity index (χ2n) is 6.21. The minimum atomic E-state index is 0. The van der Waals surface area contributed by atoms with E-state index in [1.165, 1.54) is 51.7 Å². The second kappa shape index (κ2) is 6.78. The highest BCUT2D eigenvalue weighted by Gasteiger charge is 2.38. The van der Waals surface area contributed by atoms with Crippen LogP contribution < -0.4 is 0 Å². The summed E-state index contributed by atoms with van der Waals surface area (Å²) in [5.74, 6) is 0. The standard InChI is InChI=1S/C18H25N.ClH/c1-2-3-13-19-14-11-18(12-15-19)10-6-8-16-7-4-5-9-17(16)18;/h2,4-5,7,9H,1,3,6,8,10-15H2;1H. The molecule has 110 valence electrons. The first-order valence-corrected chi connectivity index (χ1v) is 7.76. The van der Waals surface area contributed by atoms with Gasteiger partial charge in [-0.1, -0.05) is 30.3 Å². The molecule has 1 spiro atoms. The SMILES string of the molecule is C=CCCN1CCC2(CCCc3ccccc32)CC1.Cl. The van der Waals surface area contributed by atoms with Gasteiger partial charge < -0.3 is 4.90 Å². The average molecular weight is 292 g/mol. The molecule has 1 aliphatic heterocycles. The molecule has 0 radical (unpaired) electrons. The van der Waals surface area contributed by atoms with Crippen LogP contribution in [0.25, 0.3) is 0 Å². The first-order valence-electron chi connectivity index (χ1n) is 7.76. The molecular weight excluding hydrogens is 266 g/mol. The van der Waals surface area contributed by atoms with E-state index in [4.69, 9.17) is 0 Å². The van der Waals surface area contributed by atoms with Crippen LogP contribution >= 0.6 is 12.4 Å². The Morgan fingerprint density at radius 1 is 1.15 bits per heavy atom. The zero-order valence-corrected chi connectivity index (χ0v) is 13.1. The quantitative estimate of drug-likeness (QED) is 0.748. The number of nitrogens with zero attached hydrogens (tertiary/aromatic N) is 1. The third-order valence-corrected chi connectivity index (χ3v) is 5.15. The van der Waals surface area contributed by atoms with Crippen molar-refractivity contribution in [3.8, 4) is 0 Å². The Labute approximate surface area is 129 Å². The van der Waals surface area contributed by atoms with Crippen LogP contribution in [0.15, 0.2) is 36.9 Å². The maximum absolute atomic E-state index is 3.83. The van der Waals surface area contributed by atoms with E-state index in [-0.39, 0.29) is 12.4 Å². The molecule has 1 saturated heterocycles. The van der Waals surface area contributed by atoms with Gasteiger partial charge in [-0.25, -0.2) is 0 Å². The number of halogens is 1. The largest absolute Gasteiger partial charge is 0.303 e. The van der Waals surface area contributed by atoms with Gasteiger partial charge in [-0.15, -0.1) is 19.0 Å². The lowest BCUT2D eigenvalue weighted by Gasteiger charge is -2.45. The third kappa shape index (κ3) is 2.94. The summed E-state index contributed by atoms with van der Waals surface area (Å²) in [6.07, 6.45) is 9.94. The molecule has 0 atom stereocenters. The molecule has 1 aromatic carbocycles. The van der Waals surface area contributed by atoms with Crippen LogP contribution in [0.3, 0.4) is 0 Å². The van der Waals surface area contributed by atoms with Crippen molar-refractivity contribution in [2.75, 3.05) is 19.6 Å². The number of hydrogen-bond donors (Lipinski definition) is 0. The second-order valence-corrected chi connectivity index (χ2v) is 6.21. The summed E-state index contributed by atoms with van der Waals surface area (Å²) in [6.45, 7) is 7.56. The van der Waals surface area contributed by atoms with Crippen molar-refractivity contribution >= 4 is 12.4 Å². The van der Waals surface area contributed by atoms with Crippen molar-refractivity contribution in [2.45, 2.75) is 43.9 Å². The van der Waals surface area contributed by atoms with Crippen molar-refractivity contribution in [3.63, 3.8) is 0 Å². The van der Waals surface area contributed by atoms with Crippen molar-refractivity contribution in [2.24, 2.45) is 0 Å². The molecule has 0 unspecified atom stereocenters. The minimum Gasteiger partial charge on any atom is -0.303 e. The molecule has 3 rings (SSSR count). The number of fused-ring (bicyclic) bond motifs is 2. The topological polar surface area (TPSA) is 3.24 Å². The van der Waals surface area contributed by atoms with E-state index in [1.807, 2.05) is 6.08 Å². The van der Waals surface area contributed by atoms with E-state index in [1.54, 1.807) is 11.1 Å². The van der Waals surface area contributed by atoms with Crippen molar-refractivity contribution in [1.82, 2.24) is 4.90 Å². The normalized spacial score (nSPS) is 21.0. The molecule has 2 heteroatoms. The van der Waals surface area contributed by atoms with Crippen LogP contribution in [0, 0.1) is 0 Å². The first kappa shape index (κ1) is 15.6. The molecule has 0 saturated carbocycles. The molecular formula is C18H26ClN. The summed E-state index contributed by atoms with van der Waals surface area (Å²) in [4.78, 5) is 2.62. The summed E-state index contributed by atoms with van der Waals surface area (Å²) in [5, 5.41) is 0. The summed E-state index contributed by atoms with van der Waals surface area (Å²) in [5.41, 5.74) is 3.79. The van der Waals surface area contributed by atoms with E-state index in [2.05, 4.69) is 35.7 Å². The third-order valence-electron chi connectivity index (χ3n) is 5.15. The van der Waals surface area contributed by atoms with Gasteiger partial charge in [0, 0.05) is 6.54 Å². The van der Waals surface area contributed by atoms with Crippen LogP contribution in [-0.2, 0) is 11.8 Å². The predicted molar refractivity (Wildman–Crippen MR) is 88.8 cm³/mol. The number of rotatable bonds is 3. The fourth-order valence-electron chi connectivity index (χ4n) is 4.01. The summed E-state index contributed by atoms with van der Waals surface area (Å²) < 4.78 is 0. The molecule has 20 heavy (non-hydrogen) atoms. The predicted octanol–water partition coefficient (Wildman–Crippen LogP) is 4.35. The number of benzene rings is 1. The molecule has 1 nitrogen and oxygen atoms in total. The van der Waals surface area contributed by atoms with E-state index in [0.29, 0.717) is 5.41 Å². The smallest absolute Gasteiger partial charge is 0.00158 e. The zero-order valence-electron chi connectivity index (χ0n) is 12.3. The van der Waals surface area contributed by atoms with Crippen LogP contribution in [0.2, 0.25) is 0 Å². The highest BCUT2D eigenvalue weighted by molar-refractivity contribution is 5.85. The maximum atomic E-state index is 3.83. The van der Waals surface area contributed by atoms with Gasteiger partial charge in [0.05, 0.1) is 0 Å². The van der Waals surface area contributed by atoms with Gasteiger partial charge in [0.2, 0.25) is 0 Å². The minimum absolute atomic E-state index is 0. The fourth-order valence-corrected chi connectivity index (χ4v) is 4.01. The van der Waals surface area contributed by atoms with Crippen molar-refractivity contribution in [3.05, 3.63) is 48.0 Å². The Morgan fingerprint density at radius 2 is 1.90 bits per heavy atom. The summed E-state index contributed by atoms with van der Waals surface area (Å²) in [6, 6.07) is 9.18. The summed E-state index contributed by atoms with van der Waals surface area (Å²) in [7, 11) is 0. The van der Waals surface area contributed by atoms with Gasteiger partial charge in [0.25, 0.3) is 0 Å². The molecule has 0 N–H and O–H groups in total. The Hall–Kier alpha value is -0.790.